The largest absolute Gasteiger partial charge is 0.479 e. The SMILES string of the molecule is CC1(C)CN/C(=C\C=N)OC1. The van der Waals surface area contributed by atoms with E-state index in [0.29, 0.717) is 5.88 Å². The van der Waals surface area contributed by atoms with Gasteiger partial charge < -0.3 is 15.5 Å². The van der Waals surface area contributed by atoms with Gasteiger partial charge in [0.2, 0.25) is 0 Å². The zero-order chi connectivity index (χ0) is 8.32. The van der Waals surface area contributed by atoms with Crippen molar-refractivity contribution in [2.75, 3.05) is 13.2 Å². The van der Waals surface area contributed by atoms with Crippen LogP contribution in [0.2, 0.25) is 0 Å². The summed E-state index contributed by atoms with van der Waals surface area (Å²) in [6, 6.07) is 0. The molecule has 2 N–H and O–H groups in total. The Bertz CT molecular complexity index is 173. The number of allylic oxidation sites excluding steroid dienone is 1. The summed E-state index contributed by atoms with van der Waals surface area (Å²) in [6.45, 7) is 5.91. The molecule has 1 rings (SSSR count). The van der Waals surface area contributed by atoms with Crippen LogP contribution in [0.25, 0.3) is 0 Å². The Morgan fingerprint density at radius 2 is 2.36 bits per heavy atom. The first kappa shape index (κ1) is 8.11. The van der Waals surface area contributed by atoms with Gasteiger partial charge in [0.1, 0.15) is 0 Å². The van der Waals surface area contributed by atoms with Gasteiger partial charge in [-0.25, -0.2) is 0 Å². The van der Waals surface area contributed by atoms with Crippen LogP contribution in [-0.2, 0) is 4.74 Å². The summed E-state index contributed by atoms with van der Waals surface area (Å²) < 4.78 is 5.33. The lowest BCUT2D eigenvalue weighted by Gasteiger charge is -2.32. The zero-order valence-corrected chi connectivity index (χ0v) is 6.98. The third-order valence-electron chi connectivity index (χ3n) is 1.59. The van der Waals surface area contributed by atoms with Crippen molar-refractivity contribution < 1.29 is 4.74 Å². The maximum absolute atomic E-state index is 6.82. The first-order valence-corrected chi connectivity index (χ1v) is 3.71. The van der Waals surface area contributed by atoms with E-state index in [9.17, 15) is 0 Å². The molecule has 0 aromatic carbocycles. The molecule has 0 unspecified atom stereocenters. The topological polar surface area (TPSA) is 45.1 Å². The van der Waals surface area contributed by atoms with E-state index >= 15 is 0 Å². The molecule has 3 nitrogen and oxygen atoms in total. The van der Waals surface area contributed by atoms with Crippen LogP contribution in [0.4, 0.5) is 0 Å². The van der Waals surface area contributed by atoms with Gasteiger partial charge in [-0.1, -0.05) is 13.8 Å². The first-order chi connectivity index (χ1) is 5.14. The van der Waals surface area contributed by atoms with Gasteiger partial charge in [-0.15, -0.1) is 0 Å². The molecule has 11 heavy (non-hydrogen) atoms. The summed E-state index contributed by atoms with van der Waals surface area (Å²) in [4.78, 5) is 0. The number of hydrogen-bond acceptors (Lipinski definition) is 3. The molecule has 3 heteroatoms. The van der Waals surface area contributed by atoms with E-state index in [-0.39, 0.29) is 5.41 Å². The Kier molecular flexibility index (Phi) is 2.17. The summed E-state index contributed by atoms with van der Waals surface area (Å²) >= 11 is 0. The number of rotatable bonds is 1. The van der Waals surface area contributed by atoms with Gasteiger partial charge in [0.25, 0.3) is 0 Å². The van der Waals surface area contributed by atoms with Crippen LogP contribution in [0, 0.1) is 10.8 Å². The Labute approximate surface area is 66.9 Å². The van der Waals surface area contributed by atoms with Gasteiger partial charge in [0.15, 0.2) is 5.88 Å². The van der Waals surface area contributed by atoms with Crippen molar-refractivity contribution in [2.45, 2.75) is 13.8 Å². The molecule has 0 radical (unpaired) electrons. The van der Waals surface area contributed by atoms with E-state index in [0.717, 1.165) is 13.2 Å². The molecule has 1 saturated heterocycles. The van der Waals surface area contributed by atoms with Crippen LogP contribution in [0.15, 0.2) is 12.0 Å². The Morgan fingerprint density at radius 1 is 1.64 bits per heavy atom. The van der Waals surface area contributed by atoms with E-state index in [2.05, 4.69) is 19.2 Å². The Balaban J connectivity index is 2.48. The van der Waals surface area contributed by atoms with Gasteiger partial charge in [0, 0.05) is 24.3 Å². The fourth-order valence-electron chi connectivity index (χ4n) is 0.884. The van der Waals surface area contributed by atoms with Crippen molar-refractivity contribution in [3.05, 3.63) is 12.0 Å². The van der Waals surface area contributed by atoms with E-state index in [1.165, 1.54) is 6.21 Å². The van der Waals surface area contributed by atoms with Gasteiger partial charge >= 0.3 is 0 Å². The standard InChI is InChI=1S/C8H14N2O/c1-8(2)5-10-7(3-4-9)11-6-8/h3-4,9-10H,5-6H2,1-2H3/b7-3+,9-4?. The van der Waals surface area contributed by atoms with Crippen LogP contribution >= 0.6 is 0 Å². The van der Waals surface area contributed by atoms with Crippen molar-refractivity contribution in [1.29, 1.82) is 5.41 Å². The molecular weight excluding hydrogens is 140 g/mol. The van der Waals surface area contributed by atoms with Crippen LogP contribution in [0.5, 0.6) is 0 Å². The summed E-state index contributed by atoms with van der Waals surface area (Å²) in [7, 11) is 0. The second-order valence-electron chi connectivity index (χ2n) is 3.50. The predicted octanol–water partition coefficient (Wildman–Crippen LogP) is 1.12. The molecular formula is C8H14N2O. The van der Waals surface area contributed by atoms with Gasteiger partial charge in [0.05, 0.1) is 6.61 Å². The minimum absolute atomic E-state index is 0.208. The molecule has 62 valence electrons. The molecule has 0 aromatic heterocycles. The zero-order valence-electron chi connectivity index (χ0n) is 6.98. The molecule has 0 aliphatic carbocycles. The van der Waals surface area contributed by atoms with E-state index in [1.54, 1.807) is 6.08 Å². The van der Waals surface area contributed by atoms with E-state index in [1.807, 2.05) is 0 Å². The third kappa shape index (κ3) is 2.26. The molecule has 0 bridgehead atoms. The molecule has 0 spiro atoms. The number of nitrogens with one attached hydrogen (secondary N) is 2. The van der Waals surface area contributed by atoms with Crippen molar-refractivity contribution in [2.24, 2.45) is 5.41 Å². The molecule has 0 atom stereocenters. The second-order valence-corrected chi connectivity index (χ2v) is 3.50. The normalized spacial score (nSPS) is 25.5. The van der Waals surface area contributed by atoms with Crippen molar-refractivity contribution in [3.8, 4) is 0 Å². The summed E-state index contributed by atoms with van der Waals surface area (Å²) in [5, 5.41) is 9.91. The predicted molar refractivity (Wildman–Crippen MR) is 44.6 cm³/mol. The maximum atomic E-state index is 6.82. The summed E-state index contributed by atoms with van der Waals surface area (Å²) in [5.41, 5.74) is 0.208. The van der Waals surface area contributed by atoms with Crippen molar-refractivity contribution >= 4 is 6.21 Å². The van der Waals surface area contributed by atoms with Crippen molar-refractivity contribution in [3.63, 3.8) is 0 Å². The highest BCUT2D eigenvalue weighted by Gasteiger charge is 2.23. The third-order valence-corrected chi connectivity index (χ3v) is 1.59. The van der Waals surface area contributed by atoms with Gasteiger partial charge in [-0.3, -0.25) is 0 Å². The van der Waals surface area contributed by atoms with E-state index in [4.69, 9.17) is 10.1 Å². The minimum atomic E-state index is 0.208. The van der Waals surface area contributed by atoms with Crippen LogP contribution in [0.1, 0.15) is 13.8 Å². The fraction of sp³-hybridized carbons (Fsp3) is 0.625. The Morgan fingerprint density at radius 3 is 2.82 bits per heavy atom. The molecule has 1 aliphatic rings. The molecule has 1 heterocycles. The molecule has 1 fully saturated rings. The smallest absolute Gasteiger partial charge is 0.188 e. The van der Waals surface area contributed by atoms with Crippen molar-refractivity contribution in [1.82, 2.24) is 5.32 Å². The fourth-order valence-corrected chi connectivity index (χ4v) is 0.884. The average Bonchev–Trinajstić information content (AvgIpc) is 1.94. The number of hydrogen-bond donors (Lipinski definition) is 2. The quantitative estimate of drug-likeness (QED) is 0.556. The van der Waals surface area contributed by atoms with Gasteiger partial charge in [-0.05, 0) is 0 Å². The van der Waals surface area contributed by atoms with Crippen LogP contribution in [0.3, 0.4) is 0 Å². The highest BCUT2D eigenvalue weighted by Crippen LogP contribution is 2.19. The molecule has 0 aromatic rings. The highest BCUT2D eigenvalue weighted by atomic mass is 16.5. The first-order valence-electron chi connectivity index (χ1n) is 3.71. The average molecular weight is 154 g/mol. The Hall–Kier alpha value is -0.990. The van der Waals surface area contributed by atoms with E-state index < -0.39 is 0 Å². The molecule has 0 saturated carbocycles. The lowest BCUT2D eigenvalue weighted by Crippen LogP contribution is -2.39. The van der Waals surface area contributed by atoms with Crippen LogP contribution in [-0.4, -0.2) is 19.4 Å². The molecule has 0 amide bonds. The summed E-state index contributed by atoms with van der Waals surface area (Å²) in [5.74, 6) is 0.708. The number of ether oxygens (including phenoxy) is 1. The monoisotopic (exact) mass is 154 g/mol. The second kappa shape index (κ2) is 2.95. The lowest BCUT2D eigenvalue weighted by atomic mass is 9.94. The molecule has 1 aliphatic heterocycles. The maximum Gasteiger partial charge on any atom is 0.188 e. The van der Waals surface area contributed by atoms with Crippen LogP contribution < -0.4 is 5.32 Å². The van der Waals surface area contributed by atoms with Gasteiger partial charge in [-0.2, -0.15) is 0 Å². The lowest BCUT2D eigenvalue weighted by molar-refractivity contribution is 0.0628. The minimum Gasteiger partial charge on any atom is -0.479 e. The summed E-state index contributed by atoms with van der Waals surface area (Å²) in [6.07, 6.45) is 2.84. The highest BCUT2D eigenvalue weighted by molar-refractivity contribution is 5.68.